The van der Waals surface area contributed by atoms with E-state index in [0.717, 1.165) is 5.69 Å². The fourth-order valence-electron chi connectivity index (χ4n) is 3.31. The SMILES string of the molecule is Cc1ccc(Nc2ncc(C(=O)N3CCN(c4ccccc4F)CC3)cn2)cc1. The molecule has 0 unspecified atom stereocenters. The van der Waals surface area contributed by atoms with Crippen molar-refractivity contribution in [3.63, 3.8) is 0 Å². The van der Waals surface area contributed by atoms with E-state index in [1.54, 1.807) is 17.0 Å². The first kappa shape index (κ1) is 18.9. The monoisotopic (exact) mass is 391 g/mol. The van der Waals surface area contributed by atoms with E-state index in [-0.39, 0.29) is 11.7 Å². The molecule has 0 aliphatic carbocycles. The van der Waals surface area contributed by atoms with Gasteiger partial charge in [0.25, 0.3) is 5.91 Å². The molecule has 0 saturated carbocycles. The Morgan fingerprint density at radius 2 is 1.62 bits per heavy atom. The number of benzene rings is 2. The number of carbonyl (C=O) groups excluding carboxylic acids is 1. The summed E-state index contributed by atoms with van der Waals surface area (Å²) < 4.78 is 14.0. The average Bonchev–Trinajstić information content (AvgIpc) is 2.76. The van der Waals surface area contributed by atoms with Gasteiger partial charge in [-0.25, -0.2) is 14.4 Å². The molecule has 1 aromatic heterocycles. The highest BCUT2D eigenvalue weighted by molar-refractivity contribution is 5.94. The van der Waals surface area contributed by atoms with Crippen LogP contribution in [0.2, 0.25) is 0 Å². The number of rotatable bonds is 4. The van der Waals surface area contributed by atoms with Gasteiger partial charge in [0.15, 0.2) is 0 Å². The molecule has 0 spiro atoms. The summed E-state index contributed by atoms with van der Waals surface area (Å²) in [5.41, 5.74) is 3.08. The topological polar surface area (TPSA) is 61.4 Å². The van der Waals surface area contributed by atoms with Gasteiger partial charge in [0, 0.05) is 44.3 Å². The zero-order valence-electron chi connectivity index (χ0n) is 16.2. The Balaban J connectivity index is 1.36. The number of piperazine rings is 1. The zero-order chi connectivity index (χ0) is 20.2. The van der Waals surface area contributed by atoms with Gasteiger partial charge in [0.1, 0.15) is 5.82 Å². The van der Waals surface area contributed by atoms with Crippen LogP contribution in [-0.2, 0) is 0 Å². The van der Waals surface area contributed by atoms with E-state index in [4.69, 9.17) is 0 Å². The summed E-state index contributed by atoms with van der Waals surface area (Å²) in [6.45, 7) is 4.24. The van der Waals surface area contributed by atoms with Crippen molar-refractivity contribution < 1.29 is 9.18 Å². The third-order valence-corrected chi connectivity index (χ3v) is 4.97. The number of aromatic nitrogens is 2. The Hall–Kier alpha value is -3.48. The van der Waals surface area contributed by atoms with E-state index >= 15 is 0 Å². The molecule has 2 heterocycles. The number of hydrogen-bond acceptors (Lipinski definition) is 5. The number of carbonyl (C=O) groups is 1. The molecule has 1 aliphatic heterocycles. The molecule has 0 radical (unpaired) electrons. The highest BCUT2D eigenvalue weighted by Gasteiger charge is 2.24. The van der Waals surface area contributed by atoms with Crippen LogP contribution < -0.4 is 10.2 Å². The molecule has 29 heavy (non-hydrogen) atoms. The van der Waals surface area contributed by atoms with E-state index in [0.29, 0.717) is 43.4 Å². The molecule has 2 aromatic carbocycles. The van der Waals surface area contributed by atoms with Gasteiger partial charge in [0.05, 0.1) is 11.3 Å². The zero-order valence-corrected chi connectivity index (χ0v) is 16.2. The highest BCUT2D eigenvalue weighted by atomic mass is 19.1. The van der Waals surface area contributed by atoms with Crippen LogP contribution in [0, 0.1) is 12.7 Å². The van der Waals surface area contributed by atoms with Crippen LogP contribution in [-0.4, -0.2) is 47.0 Å². The molecule has 1 saturated heterocycles. The third-order valence-electron chi connectivity index (χ3n) is 4.97. The van der Waals surface area contributed by atoms with Crippen molar-refractivity contribution in [2.24, 2.45) is 0 Å². The van der Waals surface area contributed by atoms with Crippen molar-refractivity contribution in [3.8, 4) is 0 Å². The maximum atomic E-state index is 14.0. The summed E-state index contributed by atoms with van der Waals surface area (Å²) in [5, 5.41) is 3.12. The summed E-state index contributed by atoms with van der Waals surface area (Å²) >= 11 is 0. The summed E-state index contributed by atoms with van der Waals surface area (Å²) in [4.78, 5) is 25.0. The second-order valence-corrected chi connectivity index (χ2v) is 7.02. The summed E-state index contributed by atoms with van der Waals surface area (Å²) in [6, 6.07) is 14.6. The van der Waals surface area contributed by atoms with Gasteiger partial charge in [-0.3, -0.25) is 4.79 Å². The van der Waals surface area contributed by atoms with Crippen LogP contribution in [0.3, 0.4) is 0 Å². The van der Waals surface area contributed by atoms with E-state index in [1.807, 2.05) is 42.2 Å². The lowest BCUT2D eigenvalue weighted by molar-refractivity contribution is 0.0746. The second-order valence-electron chi connectivity index (χ2n) is 7.02. The fraction of sp³-hybridized carbons (Fsp3) is 0.227. The largest absolute Gasteiger partial charge is 0.366 e. The van der Waals surface area contributed by atoms with E-state index < -0.39 is 0 Å². The Morgan fingerprint density at radius 3 is 2.28 bits per heavy atom. The number of amides is 1. The maximum absolute atomic E-state index is 14.0. The van der Waals surface area contributed by atoms with E-state index in [2.05, 4.69) is 15.3 Å². The molecule has 1 amide bonds. The first-order valence-electron chi connectivity index (χ1n) is 9.54. The van der Waals surface area contributed by atoms with Crippen molar-refractivity contribution in [3.05, 3.63) is 77.9 Å². The number of hydrogen-bond donors (Lipinski definition) is 1. The minimum absolute atomic E-state index is 0.111. The Morgan fingerprint density at radius 1 is 0.966 bits per heavy atom. The van der Waals surface area contributed by atoms with Gasteiger partial charge in [-0.2, -0.15) is 0 Å². The van der Waals surface area contributed by atoms with Crippen LogP contribution in [0.25, 0.3) is 0 Å². The average molecular weight is 391 g/mol. The molecule has 3 aromatic rings. The van der Waals surface area contributed by atoms with Crippen molar-refractivity contribution in [2.45, 2.75) is 6.92 Å². The predicted octanol–water partition coefficient (Wildman–Crippen LogP) is 3.63. The lowest BCUT2D eigenvalue weighted by atomic mass is 10.2. The van der Waals surface area contributed by atoms with Crippen molar-refractivity contribution in [2.75, 3.05) is 36.4 Å². The Bertz CT molecular complexity index is 983. The minimum atomic E-state index is -0.239. The smallest absolute Gasteiger partial charge is 0.257 e. The van der Waals surface area contributed by atoms with Gasteiger partial charge < -0.3 is 15.1 Å². The van der Waals surface area contributed by atoms with Crippen LogP contribution in [0.1, 0.15) is 15.9 Å². The number of aryl methyl sites for hydroxylation is 1. The molecule has 148 valence electrons. The molecule has 1 N–H and O–H groups in total. The van der Waals surface area contributed by atoms with Crippen LogP contribution in [0.5, 0.6) is 0 Å². The van der Waals surface area contributed by atoms with Gasteiger partial charge >= 0.3 is 0 Å². The second kappa shape index (κ2) is 8.26. The number of nitrogens with one attached hydrogen (secondary N) is 1. The van der Waals surface area contributed by atoms with Gasteiger partial charge in [0.2, 0.25) is 5.95 Å². The van der Waals surface area contributed by atoms with Gasteiger partial charge in [-0.05, 0) is 31.2 Å². The van der Waals surface area contributed by atoms with Crippen molar-refractivity contribution >= 4 is 23.2 Å². The Labute approximate surface area is 169 Å². The van der Waals surface area contributed by atoms with Crippen molar-refractivity contribution in [1.29, 1.82) is 0 Å². The standard InChI is InChI=1S/C22H22FN5O/c1-16-6-8-18(9-7-16)26-22-24-14-17(15-25-22)21(29)28-12-10-27(11-13-28)20-5-3-2-4-19(20)23/h2-9,14-15H,10-13H2,1H3,(H,24,25,26). The number of para-hydroxylation sites is 1. The van der Waals surface area contributed by atoms with Crippen LogP contribution in [0.4, 0.5) is 21.7 Å². The van der Waals surface area contributed by atoms with E-state index in [9.17, 15) is 9.18 Å². The van der Waals surface area contributed by atoms with Gasteiger partial charge in [-0.1, -0.05) is 29.8 Å². The number of halogens is 1. The molecular weight excluding hydrogens is 369 g/mol. The molecule has 1 fully saturated rings. The number of anilines is 3. The molecule has 1 aliphatic rings. The fourth-order valence-corrected chi connectivity index (χ4v) is 3.31. The number of nitrogens with zero attached hydrogens (tertiary/aromatic N) is 4. The summed E-state index contributed by atoms with van der Waals surface area (Å²) in [7, 11) is 0. The molecular formula is C22H22FN5O. The lowest BCUT2D eigenvalue weighted by Gasteiger charge is -2.36. The molecule has 6 nitrogen and oxygen atoms in total. The van der Waals surface area contributed by atoms with Crippen molar-refractivity contribution in [1.82, 2.24) is 14.9 Å². The quantitative estimate of drug-likeness (QED) is 0.736. The summed E-state index contributed by atoms with van der Waals surface area (Å²) in [6.07, 6.45) is 3.07. The predicted molar refractivity (Wildman–Crippen MR) is 111 cm³/mol. The normalized spacial score (nSPS) is 14.0. The molecule has 0 bridgehead atoms. The molecule has 7 heteroatoms. The van der Waals surface area contributed by atoms with E-state index in [1.165, 1.54) is 24.0 Å². The molecule has 4 rings (SSSR count). The first-order valence-corrected chi connectivity index (χ1v) is 9.54. The summed E-state index contributed by atoms with van der Waals surface area (Å²) in [5.74, 6) is 0.0900. The highest BCUT2D eigenvalue weighted by Crippen LogP contribution is 2.21. The maximum Gasteiger partial charge on any atom is 0.257 e. The minimum Gasteiger partial charge on any atom is -0.366 e. The van der Waals surface area contributed by atoms with Crippen LogP contribution in [0.15, 0.2) is 60.9 Å². The lowest BCUT2D eigenvalue weighted by Crippen LogP contribution is -2.49. The third kappa shape index (κ3) is 4.34. The molecule has 0 atom stereocenters. The first-order chi connectivity index (χ1) is 14.1. The van der Waals surface area contributed by atoms with Crippen LogP contribution >= 0.6 is 0 Å². The van der Waals surface area contributed by atoms with Gasteiger partial charge in [-0.15, -0.1) is 0 Å². The Kier molecular flexibility index (Phi) is 5.37.